The zero-order valence-electron chi connectivity index (χ0n) is 10.3. The number of nitriles is 1. The van der Waals surface area contributed by atoms with Crippen molar-refractivity contribution in [2.24, 2.45) is 5.92 Å². The van der Waals surface area contributed by atoms with E-state index in [9.17, 15) is 9.18 Å². The number of anilines is 1. The van der Waals surface area contributed by atoms with Gasteiger partial charge in [0.05, 0.1) is 11.3 Å². The number of hydrogen-bond donors (Lipinski definition) is 2. The molecule has 0 unspecified atom stereocenters. The smallest absolute Gasteiger partial charge is 0.326 e. The van der Waals surface area contributed by atoms with Crippen molar-refractivity contribution in [3.05, 3.63) is 29.6 Å². The van der Waals surface area contributed by atoms with Gasteiger partial charge in [0.1, 0.15) is 17.9 Å². The first-order chi connectivity index (χ1) is 8.43. The molecule has 0 spiro atoms. The van der Waals surface area contributed by atoms with Crippen molar-refractivity contribution in [3.8, 4) is 6.07 Å². The number of rotatable bonds is 5. The van der Waals surface area contributed by atoms with Crippen LogP contribution in [0.3, 0.4) is 0 Å². The zero-order valence-corrected chi connectivity index (χ0v) is 10.3. The van der Waals surface area contributed by atoms with E-state index in [1.54, 1.807) is 0 Å². The fourth-order valence-corrected chi connectivity index (χ4v) is 1.62. The van der Waals surface area contributed by atoms with E-state index in [2.05, 4.69) is 5.32 Å². The highest BCUT2D eigenvalue weighted by molar-refractivity contribution is 5.78. The van der Waals surface area contributed by atoms with Crippen LogP contribution in [0.15, 0.2) is 18.2 Å². The van der Waals surface area contributed by atoms with Crippen molar-refractivity contribution in [1.29, 1.82) is 5.26 Å². The summed E-state index contributed by atoms with van der Waals surface area (Å²) in [6.45, 7) is 3.82. The summed E-state index contributed by atoms with van der Waals surface area (Å²) < 4.78 is 12.9. The Hall–Kier alpha value is -2.09. The Labute approximate surface area is 105 Å². The van der Waals surface area contributed by atoms with E-state index in [-0.39, 0.29) is 11.5 Å². The van der Waals surface area contributed by atoms with E-state index in [0.717, 1.165) is 6.07 Å². The molecule has 1 aromatic carbocycles. The van der Waals surface area contributed by atoms with Gasteiger partial charge in [0, 0.05) is 0 Å². The van der Waals surface area contributed by atoms with Crippen LogP contribution in [-0.4, -0.2) is 17.1 Å². The van der Waals surface area contributed by atoms with Gasteiger partial charge in [0.15, 0.2) is 0 Å². The number of carbonyl (C=O) groups is 1. The molecule has 0 aliphatic rings. The summed E-state index contributed by atoms with van der Waals surface area (Å²) in [5.74, 6) is -1.31. The lowest BCUT2D eigenvalue weighted by Crippen LogP contribution is -2.31. The van der Waals surface area contributed by atoms with Crippen LogP contribution in [0.2, 0.25) is 0 Å². The minimum atomic E-state index is -0.989. The molecule has 0 aliphatic heterocycles. The third-order valence-corrected chi connectivity index (χ3v) is 2.44. The second kappa shape index (κ2) is 6.01. The lowest BCUT2D eigenvalue weighted by Gasteiger charge is -2.18. The Morgan fingerprint density at radius 2 is 2.22 bits per heavy atom. The molecule has 96 valence electrons. The molecule has 0 aliphatic carbocycles. The Morgan fingerprint density at radius 1 is 1.56 bits per heavy atom. The predicted molar refractivity (Wildman–Crippen MR) is 65.6 cm³/mol. The van der Waals surface area contributed by atoms with Crippen LogP contribution in [0, 0.1) is 23.1 Å². The first-order valence-corrected chi connectivity index (χ1v) is 5.63. The van der Waals surface area contributed by atoms with Crippen molar-refractivity contribution < 1.29 is 14.3 Å². The van der Waals surface area contributed by atoms with Gasteiger partial charge < -0.3 is 10.4 Å². The predicted octanol–water partition coefficient (Wildman–Crippen LogP) is 2.61. The molecule has 2 N–H and O–H groups in total. The first-order valence-electron chi connectivity index (χ1n) is 5.63. The van der Waals surface area contributed by atoms with Gasteiger partial charge in [0.25, 0.3) is 0 Å². The van der Waals surface area contributed by atoms with Gasteiger partial charge in [0.2, 0.25) is 0 Å². The average Bonchev–Trinajstić information content (AvgIpc) is 2.29. The molecule has 1 atom stereocenters. The van der Waals surface area contributed by atoms with Crippen molar-refractivity contribution in [1.82, 2.24) is 0 Å². The van der Waals surface area contributed by atoms with Crippen LogP contribution in [0.1, 0.15) is 25.8 Å². The summed E-state index contributed by atoms with van der Waals surface area (Å²) in [5, 5.41) is 20.7. The van der Waals surface area contributed by atoms with Gasteiger partial charge in [-0.3, -0.25) is 0 Å². The van der Waals surface area contributed by atoms with E-state index in [4.69, 9.17) is 10.4 Å². The van der Waals surface area contributed by atoms with Crippen LogP contribution >= 0.6 is 0 Å². The third-order valence-electron chi connectivity index (χ3n) is 2.44. The SMILES string of the molecule is CC(C)C[C@@H](Nc1ccc(F)cc1C#N)C(=O)O. The zero-order chi connectivity index (χ0) is 13.7. The largest absolute Gasteiger partial charge is 0.480 e. The number of halogens is 1. The Bertz CT molecular complexity index is 480. The first kappa shape index (κ1) is 14.0. The molecule has 0 amide bonds. The molecule has 4 nitrogen and oxygen atoms in total. The standard InChI is InChI=1S/C13H15FN2O2/c1-8(2)5-12(13(17)18)16-11-4-3-10(14)6-9(11)7-15/h3-4,6,8,12,16H,5H2,1-2H3,(H,17,18)/t12-/m1/s1. The van der Waals surface area contributed by atoms with E-state index >= 15 is 0 Å². The molecule has 0 aromatic heterocycles. The van der Waals surface area contributed by atoms with E-state index in [0.29, 0.717) is 12.1 Å². The molecule has 0 saturated carbocycles. The summed E-state index contributed by atoms with van der Waals surface area (Å²) in [7, 11) is 0. The summed E-state index contributed by atoms with van der Waals surface area (Å²) in [5.41, 5.74) is 0.442. The number of carboxylic acids is 1. The van der Waals surface area contributed by atoms with Gasteiger partial charge in [-0.25, -0.2) is 9.18 Å². The number of benzene rings is 1. The molecule has 0 saturated heterocycles. The number of nitrogens with zero attached hydrogens (tertiary/aromatic N) is 1. The molecule has 0 bridgehead atoms. The van der Waals surface area contributed by atoms with Crippen molar-refractivity contribution in [2.45, 2.75) is 26.3 Å². The molecule has 1 rings (SSSR count). The highest BCUT2D eigenvalue weighted by Crippen LogP contribution is 2.19. The molecule has 0 radical (unpaired) electrons. The summed E-state index contributed by atoms with van der Waals surface area (Å²) in [6.07, 6.45) is 0.428. The fourth-order valence-electron chi connectivity index (χ4n) is 1.62. The highest BCUT2D eigenvalue weighted by Gasteiger charge is 2.19. The number of aliphatic carboxylic acids is 1. The topological polar surface area (TPSA) is 73.1 Å². The minimum absolute atomic E-state index is 0.102. The third kappa shape index (κ3) is 3.74. The maximum Gasteiger partial charge on any atom is 0.326 e. The van der Waals surface area contributed by atoms with Crippen LogP contribution < -0.4 is 5.32 Å². The molecule has 18 heavy (non-hydrogen) atoms. The number of nitrogens with one attached hydrogen (secondary N) is 1. The summed E-state index contributed by atoms with van der Waals surface area (Å²) >= 11 is 0. The Morgan fingerprint density at radius 3 is 2.72 bits per heavy atom. The quantitative estimate of drug-likeness (QED) is 0.842. The second-order valence-electron chi connectivity index (χ2n) is 4.47. The van der Waals surface area contributed by atoms with E-state index in [1.165, 1.54) is 12.1 Å². The van der Waals surface area contributed by atoms with Crippen molar-refractivity contribution in [3.63, 3.8) is 0 Å². The number of carboxylic acid groups (broad SMARTS) is 1. The molecule has 5 heteroatoms. The van der Waals surface area contributed by atoms with Crippen LogP contribution in [0.4, 0.5) is 10.1 Å². The van der Waals surface area contributed by atoms with Crippen molar-refractivity contribution in [2.75, 3.05) is 5.32 Å². The second-order valence-corrected chi connectivity index (χ2v) is 4.47. The molecule has 0 heterocycles. The minimum Gasteiger partial charge on any atom is -0.480 e. The molecular formula is C13H15FN2O2. The monoisotopic (exact) mass is 250 g/mol. The molecule has 0 fully saturated rings. The lowest BCUT2D eigenvalue weighted by atomic mass is 10.0. The number of hydrogen-bond acceptors (Lipinski definition) is 3. The van der Waals surface area contributed by atoms with Crippen LogP contribution in [0.25, 0.3) is 0 Å². The maximum atomic E-state index is 12.9. The summed E-state index contributed by atoms with van der Waals surface area (Å²) in [6, 6.07) is 4.70. The molecular weight excluding hydrogens is 235 g/mol. The van der Waals surface area contributed by atoms with Gasteiger partial charge in [-0.15, -0.1) is 0 Å². The molecule has 1 aromatic rings. The maximum absolute atomic E-state index is 12.9. The van der Waals surface area contributed by atoms with Gasteiger partial charge in [-0.2, -0.15) is 5.26 Å². The van der Waals surface area contributed by atoms with E-state index < -0.39 is 17.8 Å². The van der Waals surface area contributed by atoms with Gasteiger partial charge in [-0.1, -0.05) is 13.8 Å². The fraction of sp³-hybridized carbons (Fsp3) is 0.385. The van der Waals surface area contributed by atoms with Gasteiger partial charge in [-0.05, 0) is 30.5 Å². The van der Waals surface area contributed by atoms with Crippen LogP contribution in [0.5, 0.6) is 0 Å². The van der Waals surface area contributed by atoms with Crippen LogP contribution in [-0.2, 0) is 4.79 Å². The average molecular weight is 250 g/mol. The summed E-state index contributed by atoms with van der Waals surface area (Å²) in [4.78, 5) is 11.1. The highest BCUT2D eigenvalue weighted by atomic mass is 19.1. The van der Waals surface area contributed by atoms with Gasteiger partial charge >= 0.3 is 5.97 Å². The Kier molecular flexibility index (Phi) is 4.67. The van der Waals surface area contributed by atoms with Crippen molar-refractivity contribution >= 4 is 11.7 Å². The lowest BCUT2D eigenvalue weighted by molar-refractivity contribution is -0.138. The Balaban J connectivity index is 2.94. The normalized spacial score (nSPS) is 11.9. The van der Waals surface area contributed by atoms with E-state index in [1.807, 2.05) is 19.9 Å².